The Morgan fingerprint density at radius 2 is 2.09 bits per heavy atom. The van der Waals surface area contributed by atoms with E-state index in [1.165, 1.54) is 18.9 Å². The fourth-order valence-corrected chi connectivity index (χ4v) is 4.92. The van der Waals surface area contributed by atoms with Gasteiger partial charge in [0.2, 0.25) is 0 Å². The summed E-state index contributed by atoms with van der Waals surface area (Å²) in [6, 6.07) is 5.65. The predicted molar refractivity (Wildman–Crippen MR) is 125 cm³/mol. The molecule has 4 aromatic rings. The second-order valence-electron chi connectivity index (χ2n) is 9.19. The van der Waals surface area contributed by atoms with Crippen molar-refractivity contribution in [1.29, 1.82) is 0 Å². The average molecular weight is 448 g/mol. The van der Waals surface area contributed by atoms with Crippen LogP contribution in [0.25, 0.3) is 16.6 Å². The van der Waals surface area contributed by atoms with Gasteiger partial charge in [0.1, 0.15) is 5.52 Å². The number of fused-ring (bicyclic) bond motifs is 2. The average Bonchev–Trinajstić information content (AvgIpc) is 3.46. The van der Waals surface area contributed by atoms with Gasteiger partial charge in [-0.3, -0.25) is 9.48 Å². The fourth-order valence-electron chi connectivity index (χ4n) is 4.92. The third-order valence-corrected chi connectivity index (χ3v) is 6.63. The summed E-state index contributed by atoms with van der Waals surface area (Å²) in [6.07, 6.45) is 7.97. The lowest BCUT2D eigenvalue weighted by atomic mass is 10.1. The molecule has 1 unspecified atom stereocenters. The molecule has 0 bridgehead atoms. The molecule has 2 fully saturated rings. The van der Waals surface area contributed by atoms with Crippen molar-refractivity contribution in [2.45, 2.75) is 25.8 Å². The molecule has 1 amide bonds. The van der Waals surface area contributed by atoms with E-state index < -0.39 is 5.82 Å². The molecule has 4 heterocycles. The van der Waals surface area contributed by atoms with Gasteiger partial charge in [-0.1, -0.05) is 0 Å². The fraction of sp³-hybridized carbons (Fsp3) is 0.375. The molecule has 1 saturated heterocycles. The lowest BCUT2D eigenvalue weighted by molar-refractivity contribution is 0.102. The number of aromatic nitrogens is 4. The van der Waals surface area contributed by atoms with E-state index in [0.717, 1.165) is 36.6 Å². The number of halogens is 1. The molecule has 2 N–H and O–H groups in total. The second kappa shape index (κ2) is 7.55. The Labute approximate surface area is 190 Å². The number of piperazine rings is 1. The molecule has 1 atom stereocenters. The Morgan fingerprint density at radius 3 is 2.91 bits per heavy atom. The maximum absolute atomic E-state index is 14.5. The Bertz CT molecular complexity index is 1390. The molecule has 0 spiro atoms. The highest BCUT2D eigenvalue weighted by Crippen LogP contribution is 2.36. The summed E-state index contributed by atoms with van der Waals surface area (Å²) in [6.45, 7) is 4.63. The van der Waals surface area contributed by atoms with Crippen LogP contribution in [0.4, 0.5) is 15.8 Å². The molecule has 9 heteroatoms. The molecule has 6 rings (SSSR count). The Morgan fingerprint density at radius 1 is 1.24 bits per heavy atom. The van der Waals surface area contributed by atoms with Crippen molar-refractivity contribution >= 4 is 33.8 Å². The number of hydrogen-bond acceptors (Lipinski definition) is 5. The number of carbonyl (C=O) groups is 1. The number of anilines is 2. The van der Waals surface area contributed by atoms with Crippen molar-refractivity contribution in [2.75, 3.05) is 29.9 Å². The third kappa shape index (κ3) is 3.62. The van der Waals surface area contributed by atoms with Crippen LogP contribution in [-0.4, -0.2) is 50.7 Å². The van der Waals surface area contributed by atoms with Gasteiger partial charge in [-0.2, -0.15) is 5.10 Å². The number of rotatable bonds is 4. The first-order valence-corrected chi connectivity index (χ1v) is 11.4. The van der Waals surface area contributed by atoms with Gasteiger partial charge in [-0.15, -0.1) is 0 Å². The van der Waals surface area contributed by atoms with Crippen LogP contribution in [0, 0.1) is 18.7 Å². The highest BCUT2D eigenvalue weighted by atomic mass is 19.1. The standard InChI is InChI=1S/C24H26FN7O/c1-14-10-32-11-16(9-19(25)23(32)27-14)28-24(33)17-5-6-21(18-12-30(2)29-22(17)18)31-8-7-26-20(13-31)15-3-4-15/h5-6,9-12,15,20,26H,3-4,7-8,13H2,1-2H3,(H,28,33). The van der Waals surface area contributed by atoms with E-state index in [1.54, 1.807) is 28.4 Å². The number of imidazole rings is 1. The Balaban J connectivity index is 1.32. The van der Waals surface area contributed by atoms with E-state index in [0.29, 0.717) is 28.5 Å². The summed E-state index contributed by atoms with van der Waals surface area (Å²) < 4.78 is 17.8. The van der Waals surface area contributed by atoms with E-state index >= 15 is 0 Å². The summed E-state index contributed by atoms with van der Waals surface area (Å²) >= 11 is 0. The molecule has 3 aromatic heterocycles. The summed E-state index contributed by atoms with van der Waals surface area (Å²) in [4.78, 5) is 19.8. The molecule has 8 nitrogen and oxygen atoms in total. The minimum Gasteiger partial charge on any atom is -0.368 e. The van der Waals surface area contributed by atoms with Crippen LogP contribution < -0.4 is 15.5 Å². The quantitative estimate of drug-likeness (QED) is 0.503. The number of pyridine rings is 1. The molecule has 33 heavy (non-hydrogen) atoms. The van der Waals surface area contributed by atoms with Gasteiger partial charge in [0.25, 0.3) is 5.91 Å². The number of nitrogens with one attached hydrogen (secondary N) is 2. The molecule has 170 valence electrons. The van der Waals surface area contributed by atoms with E-state index in [4.69, 9.17) is 0 Å². The van der Waals surface area contributed by atoms with Crippen molar-refractivity contribution in [3.05, 3.63) is 53.9 Å². The van der Waals surface area contributed by atoms with Gasteiger partial charge in [0.15, 0.2) is 11.5 Å². The van der Waals surface area contributed by atoms with E-state index in [2.05, 4.69) is 25.6 Å². The maximum Gasteiger partial charge on any atom is 0.257 e. The third-order valence-electron chi connectivity index (χ3n) is 6.63. The number of hydrogen-bond donors (Lipinski definition) is 2. The van der Waals surface area contributed by atoms with E-state index in [9.17, 15) is 9.18 Å². The van der Waals surface area contributed by atoms with Crippen molar-refractivity contribution in [3.63, 3.8) is 0 Å². The number of amides is 1. The molecular weight excluding hydrogens is 421 g/mol. The number of aryl methyl sites for hydroxylation is 2. The van der Waals surface area contributed by atoms with Gasteiger partial charge in [0.05, 0.1) is 16.9 Å². The van der Waals surface area contributed by atoms with Crippen LogP contribution in [0.2, 0.25) is 0 Å². The summed E-state index contributed by atoms with van der Waals surface area (Å²) in [5.74, 6) is -0.0283. The zero-order valence-corrected chi connectivity index (χ0v) is 18.7. The first-order chi connectivity index (χ1) is 16.0. The van der Waals surface area contributed by atoms with Gasteiger partial charge in [-0.05, 0) is 37.8 Å². The van der Waals surface area contributed by atoms with Gasteiger partial charge < -0.3 is 19.9 Å². The molecular formula is C24H26FN7O. The van der Waals surface area contributed by atoms with Crippen molar-refractivity contribution in [3.8, 4) is 0 Å². The smallest absolute Gasteiger partial charge is 0.257 e. The summed E-state index contributed by atoms with van der Waals surface area (Å²) in [7, 11) is 1.86. The molecule has 1 aromatic carbocycles. The van der Waals surface area contributed by atoms with Crippen LogP contribution in [0.1, 0.15) is 28.9 Å². The molecule has 0 radical (unpaired) electrons. The summed E-state index contributed by atoms with van der Waals surface area (Å²) in [5, 5.41) is 12.0. The zero-order valence-electron chi connectivity index (χ0n) is 18.7. The highest BCUT2D eigenvalue weighted by molar-refractivity contribution is 6.13. The van der Waals surface area contributed by atoms with Crippen LogP contribution in [0.5, 0.6) is 0 Å². The normalized spacial score (nSPS) is 18.9. The minimum atomic E-state index is -0.483. The highest BCUT2D eigenvalue weighted by Gasteiger charge is 2.34. The van der Waals surface area contributed by atoms with Gasteiger partial charge in [0, 0.05) is 68.5 Å². The number of nitrogens with zero attached hydrogens (tertiary/aromatic N) is 5. The topological polar surface area (TPSA) is 79.5 Å². The Kier molecular flexibility index (Phi) is 4.62. The van der Waals surface area contributed by atoms with Crippen LogP contribution in [0.3, 0.4) is 0 Å². The molecule has 1 saturated carbocycles. The lowest BCUT2D eigenvalue weighted by Gasteiger charge is -2.36. The van der Waals surface area contributed by atoms with Crippen molar-refractivity contribution in [1.82, 2.24) is 24.5 Å². The lowest BCUT2D eigenvalue weighted by Crippen LogP contribution is -2.51. The van der Waals surface area contributed by atoms with E-state index in [1.807, 2.05) is 25.4 Å². The number of carbonyl (C=O) groups excluding carboxylic acids is 1. The Hall–Kier alpha value is -3.46. The first kappa shape index (κ1) is 20.2. The SMILES string of the molecule is Cc1cn2cc(NC(=O)c3ccc(N4CCNC(C5CC5)C4)c4cn(C)nc34)cc(F)c2n1. The maximum atomic E-state index is 14.5. The largest absolute Gasteiger partial charge is 0.368 e. The van der Waals surface area contributed by atoms with Crippen molar-refractivity contribution in [2.24, 2.45) is 13.0 Å². The van der Waals surface area contributed by atoms with Gasteiger partial charge in [-0.25, -0.2) is 9.37 Å². The van der Waals surface area contributed by atoms with Crippen LogP contribution >= 0.6 is 0 Å². The number of benzene rings is 1. The van der Waals surface area contributed by atoms with Crippen LogP contribution in [0.15, 0.2) is 36.8 Å². The molecule has 1 aliphatic carbocycles. The zero-order chi connectivity index (χ0) is 22.7. The molecule has 1 aliphatic heterocycles. The molecule has 2 aliphatic rings. The second-order valence-corrected chi connectivity index (χ2v) is 9.19. The van der Waals surface area contributed by atoms with Crippen LogP contribution in [-0.2, 0) is 7.05 Å². The van der Waals surface area contributed by atoms with Gasteiger partial charge >= 0.3 is 0 Å². The predicted octanol–water partition coefficient (Wildman–Crippen LogP) is 3.11. The van der Waals surface area contributed by atoms with Crippen molar-refractivity contribution < 1.29 is 9.18 Å². The first-order valence-electron chi connectivity index (χ1n) is 11.4. The summed E-state index contributed by atoms with van der Waals surface area (Å²) in [5.41, 5.74) is 3.52. The minimum absolute atomic E-state index is 0.238. The monoisotopic (exact) mass is 447 g/mol. The van der Waals surface area contributed by atoms with E-state index in [-0.39, 0.29) is 11.6 Å².